The predicted molar refractivity (Wildman–Crippen MR) is 112 cm³/mol. The van der Waals surface area contributed by atoms with Gasteiger partial charge < -0.3 is 9.80 Å². The summed E-state index contributed by atoms with van der Waals surface area (Å²) in [5.74, 6) is 0.174. The molecule has 1 amide bonds. The summed E-state index contributed by atoms with van der Waals surface area (Å²) in [6, 6.07) is 10.2. The maximum Gasteiger partial charge on any atom is 0.223 e. The summed E-state index contributed by atoms with van der Waals surface area (Å²) in [4.78, 5) is 26.0. The van der Waals surface area contributed by atoms with Crippen LogP contribution < -0.4 is 0 Å². The Labute approximate surface area is 167 Å². The third-order valence-corrected chi connectivity index (χ3v) is 5.11. The summed E-state index contributed by atoms with van der Waals surface area (Å²) < 4.78 is 0. The van der Waals surface area contributed by atoms with Crippen molar-refractivity contribution in [2.24, 2.45) is 0 Å². The molecule has 0 aliphatic rings. The minimum atomic E-state index is 0.174. The molecule has 0 spiro atoms. The molecule has 0 N–H and O–H groups in total. The number of carbonyl (C=O) groups excluding carboxylic acids is 1. The number of aryl methyl sites for hydroxylation is 2. The molecule has 2 rings (SSSR count). The molecule has 1 aromatic carbocycles. The maximum absolute atomic E-state index is 12.9. The molecule has 0 atom stereocenters. The van der Waals surface area contributed by atoms with Crippen molar-refractivity contribution in [3.63, 3.8) is 0 Å². The van der Waals surface area contributed by atoms with Crippen molar-refractivity contribution >= 4 is 17.7 Å². The Bertz CT molecular complexity index is 726. The van der Waals surface area contributed by atoms with Gasteiger partial charge in [-0.15, -0.1) is 0 Å². The molecule has 5 nitrogen and oxygen atoms in total. The minimum Gasteiger partial charge on any atom is -0.337 e. The molecule has 0 saturated heterocycles. The molecule has 0 radical (unpaired) electrons. The molecule has 146 valence electrons. The van der Waals surface area contributed by atoms with Gasteiger partial charge in [0.2, 0.25) is 5.91 Å². The predicted octanol–water partition coefficient (Wildman–Crippen LogP) is 3.34. The lowest BCUT2D eigenvalue weighted by molar-refractivity contribution is -0.131. The first-order valence-corrected chi connectivity index (χ1v) is 10.5. The van der Waals surface area contributed by atoms with Gasteiger partial charge in [0.25, 0.3) is 0 Å². The number of hydrogen-bond donors (Lipinski definition) is 0. The van der Waals surface area contributed by atoms with E-state index in [0.29, 0.717) is 19.4 Å². The van der Waals surface area contributed by atoms with Crippen LogP contribution >= 0.6 is 11.8 Å². The Hall–Kier alpha value is -1.92. The van der Waals surface area contributed by atoms with Gasteiger partial charge >= 0.3 is 0 Å². The van der Waals surface area contributed by atoms with Gasteiger partial charge in [0, 0.05) is 37.4 Å². The highest BCUT2D eigenvalue weighted by Gasteiger charge is 2.16. The molecule has 6 heteroatoms. The molecule has 2 aromatic rings. The topological polar surface area (TPSA) is 49.3 Å². The molecule has 0 fully saturated rings. The highest BCUT2D eigenvalue weighted by molar-refractivity contribution is 7.98. The van der Waals surface area contributed by atoms with E-state index >= 15 is 0 Å². The second kappa shape index (κ2) is 10.4. The van der Waals surface area contributed by atoms with Gasteiger partial charge in [-0.05, 0) is 51.7 Å². The van der Waals surface area contributed by atoms with Gasteiger partial charge in [0.05, 0.1) is 0 Å². The lowest BCUT2D eigenvalue weighted by atomic mass is 10.1. The van der Waals surface area contributed by atoms with Crippen molar-refractivity contribution < 1.29 is 4.79 Å². The number of amides is 1. The van der Waals surface area contributed by atoms with Crippen LogP contribution in [-0.2, 0) is 17.8 Å². The van der Waals surface area contributed by atoms with E-state index in [9.17, 15) is 4.79 Å². The summed E-state index contributed by atoms with van der Waals surface area (Å²) in [6.45, 7) is 6.22. The monoisotopic (exact) mass is 386 g/mol. The molecule has 0 unspecified atom stereocenters. The molecular formula is C21H30N4OS. The normalized spacial score (nSPS) is 11.0. The van der Waals surface area contributed by atoms with Crippen LogP contribution in [0.5, 0.6) is 0 Å². The van der Waals surface area contributed by atoms with Gasteiger partial charge in [-0.2, -0.15) is 0 Å². The van der Waals surface area contributed by atoms with Gasteiger partial charge in [-0.1, -0.05) is 42.1 Å². The van der Waals surface area contributed by atoms with E-state index in [1.54, 1.807) is 11.8 Å². The summed E-state index contributed by atoms with van der Waals surface area (Å²) in [7, 11) is 4.06. The average molecular weight is 387 g/mol. The number of thioether (sulfide) groups is 1. The van der Waals surface area contributed by atoms with Crippen LogP contribution in [0.15, 0.2) is 35.5 Å². The quantitative estimate of drug-likeness (QED) is 0.489. The second-order valence-electron chi connectivity index (χ2n) is 6.96. The maximum atomic E-state index is 12.9. The molecule has 0 saturated carbocycles. The van der Waals surface area contributed by atoms with Crippen LogP contribution in [0.2, 0.25) is 0 Å². The first-order valence-electron chi connectivity index (χ1n) is 9.25. The molecule has 1 aromatic heterocycles. The summed E-state index contributed by atoms with van der Waals surface area (Å²) in [5, 5.41) is 0.789. The van der Waals surface area contributed by atoms with Gasteiger partial charge in [-0.25, -0.2) is 9.97 Å². The van der Waals surface area contributed by atoms with E-state index in [-0.39, 0.29) is 5.91 Å². The first kappa shape index (κ1) is 21.4. The lowest BCUT2D eigenvalue weighted by Gasteiger charge is -2.25. The fraction of sp³-hybridized carbons (Fsp3) is 0.476. The van der Waals surface area contributed by atoms with E-state index in [1.807, 2.05) is 57.3 Å². The van der Waals surface area contributed by atoms with Crippen molar-refractivity contribution in [1.29, 1.82) is 0 Å². The van der Waals surface area contributed by atoms with Crippen LogP contribution in [0.3, 0.4) is 0 Å². The van der Waals surface area contributed by atoms with Crippen LogP contribution in [0.25, 0.3) is 0 Å². The number of likely N-dealkylation sites (N-methyl/N-ethyl adjacent to an activating group) is 1. The van der Waals surface area contributed by atoms with Crippen molar-refractivity contribution in [2.75, 3.05) is 33.4 Å². The van der Waals surface area contributed by atoms with Crippen molar-refractivity contribution in [3.05, 3.63) is 52.8 Å². The smallest absolute Gasteiger partial charge is 0.223 e. The zero-order valence-electron chi connectivity index (χ0n) is 17.0. The van der Waals surface area contributed by atoms with E-state index in [1.165, 1.54) is 0 Å². The SMILES string of the molecule is CSc1nc(C)c(CCC(=O)N(CCN(C)C)Cc2ccccc2)c(C)n1. The molecule has 27 heavy (non-hydrogen) atoms. The Morgan fingerprint density at radius 1 is 1.04 bits per heavy atom. The summed E-state index contributed by atoms with van der Waals surface area (Å²) in [6.07, 6.45) is 3.13. The van der Waals surface area contributed by atoms with Crippen LogP contribution in [-0.4, -0.2) is 59.1 Å². The zero-order valence-corrected chi connectivity index (χ0v) is 17.8. The van der Waals surface area contributed by atoms with Crippen LogP contribution in [0.1, 0.15) is 28.9 Å². The number of benzene rings is 1. The molecular weight excluding hydrogens is 356 g/mol. The summed E-state index contributed by atoms with van der Waals surface area (Å²) in [5.41, 5.74) is 4.20. The standard InChI is InChI=1S/C21H30N4OS/c1-16-19(17(2)23-21(22-16)27-5)11-12-20(26)25(14-13-24(3)4)15-18-9-7-6-8-10-18/h6-10H,11-15H2,1-5H3. The summed E-state index contributed by atoms with van der Waals surface area (Å²) >= 11 is 1.54. The van der Waals surface area contributed by atoms with E-state index in [4.69, 9.17) is 0 Å². The van der Waals surface area contributed by atoms with Gasteiger partial charge in [0.15, 0.2) is 5.16 Å². The zero-order chi connectivity index (χ0) is 19.8. The number of carbonyl (C=O) groups is 1. The Morgan fingerprint density at radius 2 is 1.67 bits per heavy atom. The Morgan fingerprint density at radius 3 is 2.22 bits per heavy atom. The van der Waals surface area contributed by atoms with E-state index < -0.39 is 0 Å². The number of nitrogens with zero attached hydrogens (tertiary/aromatic N) is 4. The highest BCUT2D eigenvalue weighted by atomic mass is 32.2. The van der Waals surface area contributed by atoms with Crippen LogP contribution in [0, 0.1) is 13.8 Å². The average Bonchev–Trinajstić information content (AvgIpc) is 2.64. The van der Waals surface area contributed by atoms with Crippen molar-refractivity contribution in [2.45, 2.75) is 38.4 Å². The third-order valence-electron chi connectivity index (χ3n) is 4.56. The molecule has 0 aliphatic heterocycles. The van der Waals surface area contributed by atoms with Crippen LogP contribution in [0.4, 0.5) is 0 Å². The Balaban J connectivity index is 2.06. The number of aromatic nitrogens is 2. The second-order valence-corrected chi connectivity index (χ2v) is 7.74. The number of rotatable bonds is 9. The molecule has 1 heterocycles. The van der Waals surface area contributed by atoms with Crippen molar-refractivity contribution in [3.8, 4) is 0 Å². The third kappa shape index (κ3) is 6.63. The minimum absolute atomic E-state index is 0.174. The molecule has 0 aliphatic carbocycles. The molecule has 0 bridgehead atoms. The van der Waals surface area contributed by atoms with E-state index in [2.05, 4.69) is 27.0 Å². The largest absolute Gasteiger partial charge is 0.337 e. The lowest BCUT2D eigenvalue weighted by Crippen LogP contribution is -2.36. The van der Waals surface area contributed by atoms with E-state index in [0.717, 1.165) is 40.8 Å². The highest BCUT2D eigenvalue weighted by Crippen LogP contribution is 2.18. The first-order chi connectivity index (χ1) is 12.9. The van der Waals surface area contributed by atoms with Crippen molar-refractivity contribution in [1.82, 2.24) is 19.8 Å². The number of hydrogen-bond acceptors (Lipinski definition) is 5. The van der Waals surface area contributed by atoms with Gasteiger partial charge in [0.1, 0.15) is 0 Å². The fourth-order valence-corrected chi connectivity index (χ4v) is 3.42. The fourth-order valence-electron chi connectivity index (χ4n) is 2.97. The van der Waals surface area contributed by atoms with Gasteiger partial charge in [-0.3, -0.25) is 4.79 Å². The Kier molecular flexibility index (Phi) is 8.25.